The van der Waals surface area contributed by atoms with E-state index < -0.39 is 0 Å². The van der Waals surface area contributed by atoms with Gasteiger partial charge in [0.2, 0.25) is 0 Å². The van der Waals surface area contributed by atoms with E-state index in [9.17, 15) is 4.79 Å². The maximum atomic E-state index is 9.44. The van der Waals surface area contributed by atoms with Gasteiger partial charge in [-0.1, -0.05) is 20.3 Å². The fraction of sp³-hybridized carbons (Fsp3) is 0.667. The summed E-state index contributed by atoms with van der Waals surface area (Å²) in [4.78, 5) is 9.44. The van der Waals surface area contributed by atoms with E-state index in [2.05, 4.69) is 6.92 Å². The third kappa shape index (κ3) is 701. The van der Waals surface area contributed by atoms with E-state index in [1.54, 1.807) is 0 Å². The van der Waals surface area contributed by atoms with Crippen LogP contribution in [0.4, 0.5) is 0 Å². The van der Waals surface area contributed by atoms with Gasteiger partial charge in [0.05, 0.1) is 0 Å². The standard InChI is InChI=1S/C3H6O.C3H7/c1-3(2)4;1-3-2/h1-2H3;1,3H2,2H3. The number of hydrogen-bond donors (Lipinski definition) is 0. The molecule has 1 nitrogen and oxygen atoms in total. The van der Waals surface area contributed by atoms with Gasteiger partial charge < -0.3 is 4.79 Å². The molecule has 0 saturated carbocycles. The van der Waals surface area contributed by atoms with Gasteiger partial charge >= 0.3 is 0 Å². The molecule has 0 aliphatic rings. The first-order valence-electron chi connectivity index (χ1n) is 2.41. The fourth-order valence-corrected chi connectivity index (χ4v) is 0. The first kappa shape index (κ1) is 9.83. The maximum Gasteiger partial charge on any atom is 0.126 e. The summed E-state index contributed by atoms with van der Waals surface area (Å²) in [5.74, 6) is 0.167. The molecule has 43 valence electrons. The molecular formula is C6H13O. The Kier molecular flexibility index (Phi) is 12.9. The number of hydrogen-bond acceptors (Lipinski definition) is 1. The van der Waals surface area contributed by atoms with Gasteiger partial charge in [0.25, 0.3) is 0 Å². The van der Waals surface area contributed by atoms with Crippen LogP contribution in [0.3, 0.4) is 0 Å². The first-order valence-corrected chi connectivity index (χ1v) is 2.41. The highest BCUT2D eigenvalue weighted by Gasteiger charge is 1.62. The summed E-state index contributed by atoms with van der Waals surface area (Å²) in [5, 5.41) is 0. The van der Waals surface area contributed by atoms with E-state index >= 15 is 0 Å². The smallest absolute Gasteiger partial charge is 0.126 e. The van der Waals surface area contributed by atoms with E-state index in [0.717, 1.165) is 6.42 Å². The summed E-state index contributed by atoms with van der Waals surface area (Å²) >= 11 is 0. The molecule has 7 heavy (non-hydrogen) atoms. The summed E-state index contributed by atoms with van der Waals surface area (Å²) in [6, 6.07) is 0. The monoisotopic (exact) mass is 101 g/mol. The topological polar surface area (TPSA) is 17.1 Å². The van der Waals surface area contributed by atoms with Gasteiger partial charge in [0.1, 0.15) is 5.78 Å². The van der Waals surface area contributed by atoms with Crippen molar-refractivity contribution in [3.05, 3.63) is 6.92 Å². The van der Waals surface area contributed by atoms with Crippen LogP contribution in [0, 0.1) is 6.92 Å². The van der Waals surface area contributed by atoms with Gasteiger partial charge in [-0.3, -0.25) is 0 Å². The fourth-order valence-electron chi connectivity index (χ4n) is 0. The number of Topliss-reactive ketones (excluding diaryl/α,β-unsaturated/α-hetero) is 1. The second kappa shape index (κ2) is 9.18. The minimum Gasteiger partial charge on any atom is -0.300 e. The largest absolute Gasteiger partial charge is 0.300 e. The molecule has 0 spiro atoms. The lowest BCUT2D eigenvalue weighted by Gasteiger charge is -1.56. The Hall–Kier alpha value is -0.330. The zero-order valence-corrected chi connectivity index (χ0v) is 5.32. The van der Waals surface area contributed by atoms with Gasteiger partial charge in [0, 0.05) is 0 Å². The van der Waals surface area contributed by atoms with Crippen molar-refractivity contribution in [2.45, 2.75) is 27.2 Å². The van der Waals surface area contributed by atoms with Crippen molar-refractivity contribution < 1.29 is 4.79 Å². The first-order chi connectivity index (χ1) is 3.15. The number of rotatable bonds is 0. The molecule has 0 aliphatic carbocycles. The lowest BCUT2D eigenvalue weighted by molar-refractivity contribution is -0.114. The molecular weight excluding hydrogens is 88.1 g/mol. The molecule has 0 rings (SSSR count). The Morgan fingerprint density at radius 2 is 1.57 bits per heavy atom. The number of ketones is 1. The van der Waals surface area contributed by atoms with E-state index in [1.807, 2.05) is 6.92 Å². The molecule has 0 N–H and O–H groups in total. The molecule has 1 radical (unpaired) electrons. The maximum absolute atomic E-state index is 9.44. The van der Waals surface area contributed by atoms with Crippen molar-refractivity contribution in [1.29, 1.82) is 0 Å². The SMILES string of the molecule is CC(C)=O.[CH2]CC. The number of carbonyl (C=O) groups excluding carboxylic acids is 1. The van der Waals surface area contributed by atoms with Crippen LogP contribution in [0.25, 0.3) is 0 Å². The van der Waals surface area contributed by atoms with Gasteiger partial charge in [-0.15, -0.1) is 0 Å². The lowest BCUT2D eigenvalue weighted by atomic mass is 10.6. The van der Waals surface area contributed by atoms with Gasteiger partial charge in [-0.2, -0.15) is 0 Å². The Labute approximate surface area is 45.7 Å². The van der Waals surface area contributed by atoms with Crippen molar-refractivity contribution >= 4 is 5.78 Å². The van der Waals surface area contributed by atoms with Crippen LogP contribution in [0.1, 0.15) is 27.2 Å². The van der Waals surface area contributed by atoms with Crippen molar-refractivity contribution in [3.8, 4) is 0 Å². The normalized spacial score (nSPS) is 6.29. The predicted molar refractivity (Wildman–Crippen MR) is 32.0 cm³/mol. The molecule has 0 aromatic rings. The minimum absolute atomic E-state index is 0.167. The Morgan fingerprint density at radius 3 is 1.57 bits per heavy atom. The molecule has 0 aromatic heterocycles. The number of carbonyl (C=O) groups is 1. The third-order valence-electron chi connectivity index (χ3n) is 0. The lowest BCUT2D eigenvalue weighted by Crippen LogP contribution is -1.69. The van der Waals surface area contributed by atoms with Crippen molar-refractivity contribution in [2.75, 3.05) is 0 Å². The second-order valence-electron chi connectivity index (χ2n) is 1.41. The molecule has 0 fully saturated rings. The van der Waals surface area contributed by atoms with Crippen LogP contribution < -0.4 is 0 Å². The van der Waals surface area contributed by atoms with Crippen LogP contribution >= 0.6 is 0 Å². The zero-order chi connectivity index (χ0) is 6.28. The average molecular weight is 101 g/mol. The molecule has 0 aliphatic heterocycles. The summed E-state index contributed by atoms with van der Waals surface area (Å²) < 4.78 is 0. The van der Waals surface area contributed by atoms with Gasteiger partial charge in [0.15, 0.2) is 0 Å². The summed E-state index contributed by atoms with van der Waals surface area (Å²) in [6.45, 7) is 8.56. The third-order valence-corrected chi connectivity index (χ3v) is 0. The average Bonchev–Trinajstić information content (AvgIpc) is 1.33. The molecule has 0 bridgehead atoms. The minimum atomic E-state index is 0.167. The summed E-state index contributed by atoms with van der Waals surface area (Å²) in [5.41, 5.74) is 0. The molecule has 0 amide bonds. The Bertz CT molecular complexity index is 35.4. The molecule has 0 unspecified atom stereocenters. The zero-order valence-electron chi connectivity index (χ0n) is 5.32. The molecule has 0 heterocycles. The highest BCUT2D eigenvalue weighted by atomic mass is 16.1. The second-order valence-corrected chi connectivity index (χ2v) is 1.41. The highest BCUT2D eigenvalue weighted by Crippen LogP contribution is 1.54. The molecule has 0 aromatic carbocycles. The highest BCUT2D eigenvalue weighted by molar-refractivity contribution is 5.72. The molecule has 0 atom stereocenters. The van der Waals surface area contributed by atoms with E-state index in [0.29, 0.717) is 0 Å². The van der Waals surface area contributed by atoms with Gasteiger partial charge in [-0.05, 0) is 13.8 Å². The van der Waals surface area contributed by atoms with E-state index in [4.69, 9.17) is 0 Å². The van der Waals surface area contributed by atoms with Crippen LogP contribution in [0.5, 0.6) is 0 Å². The van der Waals surface area contributed by atoms with E-state index in [-0.39, 0.29) is 5.78 Å². The molecule has 0 saturated heterocycles. The van der Waals surface area contributed by atoms with Crippen LogP contribution in [0.15, 0.2) is 0 Å². The van der Waals surface area contributed by atoms with Crippen LogP contribution in [-0.4, -0.2) is 5.78 Å². The summed E-state index contributed by atoms with van der Waals surface area (Å²) in [6.07, 6.45) is 1.00. The predicted octanol–water partition coefficient (Wildman–Crippen LogP) is 1.83. The Balaban J connectivity index is 0. The Morgan fingerprint density at radius 1 is 1.57 bits per heavy atom. The molecule has 1 heteroatoms. The van der Waals surface area contributed by atoms with Crippen molar-refractivity contribution in [1.82, 2.24) is 0 Å². The van der Waals surface area contributed by atoms with E-state index in [1.165, 1.54) is 13.8 Å². The van der Waals surface area contributed by atoms with Crippen LogP contribution in [-0.2, 0) is 4.79 Å². The van der Waals surface area contributed by atoms with Gasteiger partial charge in [-0.25, -0.2) is 0 Å². The van der Waals surface area contributed by atoms with Crippen molar-refractivity contribution in [3.63, 3.8) is 0 Å². The quantitative estimate of drug-likeness (QED) is 0.455. The summed E-state index contributed by atoms with van der Waals surface area (Å²) in [7, 11) is 0. The van der Waals surface area contributed by atoms with Crippen molar-refractivity contribution in [2.24, 2.45) is 0 Å². The van der Waals surface area contributed by atoms with Crippen LogP contribution in [0.2, 0.25) is 0 Å².